The quantitative estimate of drug-likeness (QED) is 0.876. The lowest BCUT2D eigenvalue weighted by Gasteiger charge is -2.22. The number of benzene rings is 1. The second-order valence-electron chi connectivity index (χ2n) is 6.48. The van der Waals surface area contributed by atoms with E-state index in [0.29, 0.717) is 51.2 Å². The van der Waals surface area contributed by atoms with Gasteiger partial charge >= 0.3 is 0 Å². The minimum atomic E-state index is -0.541. The van der Waals surface area contributed by atoms with Gasteiger partial charge in [-0.05, 0) is 43.7 Å². The average Bonchev–Trinajstić information content (AvgIpc) is 3.04. The Hall–Kier alpha value is -2.83. The standard InChI is InChI=1S/C20H24FN3O3/c1-2-27-18-7-6-15(13-17(18)21)20(26)24-10-4-9-23(11-12-24)19(25)14-16-5-3-8-22-16/h3,5-8,13,22H,2,4,9-12,14H2,1H3. The van der Waals surface area contributed by atoms with Crippen LogP contribution in [0.2, 0.25) is 0 Å². The number of nitrogens with zero attached hydrogens (tertiary/aromatic N) is 2. The van der Waals surface area contributed by atoms with Crippen LogP contribution in [0.5, 0.6) is 5.75 Å². The second-order valence-corrected chi connectivity index (χ2v) is 6.48. The van der Waals surface area contributed by atoms with E-state index in [4.69, 9.17) is 4.74 Å². The van der Waals surface area contributed by atoms with Gasteiger partial charge in [-0.1, -0.05) is 0 Å². The lowest BCUT2D eigenvalue weighted by molar-refractivity contribution is -0.130. The van der Waals surface area contributed by atoms with Gasteiger partial charge in [-0.25, -0.2) is 4.39 Å². The number of carbonyl (C=O) groups excluding carboxylic acids is 2. The molecule has 0 saturated carbocycles. The minimum absolute atomic E-state index is 0.0406. The van der Waals surface area contributed by atoms with Crippen molar-refractivity contribution in [1.29, 1.82) is 0 Å². The van der Waals surface area contributed by atoms with E-state index in [1.165, 1.54) is 12.1 Å². The number of aromatic amines is 1. The molecule has 0 radical (unpaired) electrons. The molecule has 0 aliphatic carbocycles. The lowest BCUT2D eigenvalue weighted by Crippen LogP contribution is -2.38. The molecule has 2 aromatic rings. The van der Waals surface area contributed by atoms with Crippen LogP contribution in [0.3, 0.4) is 0 Å². The Labute approximate surface area is 157 Å². The van der Waals surface area contributed by atoms with Crippen molar-refractivity contribution >= 4 is 11.8 Å². The normalized spacial score (nSPS) is 14.7. The third kappa shape index (κ3) is 4.67. The molecule has 144 valence electrons. The molecule has 6 nitrogen and oxygen atoms in total. The first-order chi connectivity index (χ1) is 13.1. The van der Waals surface area contributed by atoms with Gasteiger partial charge in [0.2, 0.25) is 5.91 Å². The average molecular weight is 373 g/mol. The van der Waals surface area contributed by atoms with Crippen molar-refractivity contribution in [1.82, 2.24) is 14.8 Å². The van der Waals surface area contributed by atoms with Crippen LogP contribution in [0.1, 0.15) is 29.4 Å². The maximum Gasteiger partial charge on any atom is 0.254 e. The summed E-state index contributed by atoms with van der Waals surface area (Å²) in [6.07, 6.45) is 2.81. The highest BCUT2D eigenvalue weighted by molar-refractivity contribution is 5.94. The number of ether oxygens (including phenoxy) is 1. The van der Waals surface area contributed by atoms with E-state index >= 15 is 0 Å². The third-order valence-electron chi connectivity index (χ3n) is 4.62. The molecule has 1 aromatic carbocycles. The molecule has 7 heteroatoms. The van der Waals surface area contributed by atoms with Gasteiger partial charge in [-0.2, -0.15) is 0 Å². The van der Waals surface area contributed by atoms with Crippen molar-refractivity contribution in [2.24, 2.45) is 0 Å². The molecule has 0 unspecified atom stereocenters. The van der Waals surface area contributed by atoms with Crippen molar-refractivity contribution in [3.05, 3.63) is 53.6 Å². The summed E-state index contributed by atoms with van der Waals surface area (Å²) in [5.74, 6) is -0.583. The van der Waals surface area contributed by atoms with Crippen LogP contribution in [-0.2, 0) is 11.2 Å². The van der Waals surface area contributed by atoms with Crippen LogP contribution >= 0.6 is 0 Å². The topological polar surface area (TPSA) is 65.6 Å². The Morgan fingerprint density at radius 2 is 1.93 bits per heavy atom. The summed E-state index contributed by atoms with van der Waals surface area (Å²) in [4.78, 5) is 31.7. The van der Waals surface area contributed by atoms with Crippen LogP contribution in [0.4, 0.5) is 4.39 Å². The molecule has 1 aromatic heterocycles. The SMILES string of the molecule is CCOc1ccc(C(=O)N2CCCN(C(=O)Cc3ccc[nH]3)CC2)cc1F. The minimum Gasteiger partial charge on any atom is -0.491 e. The molecule has 2 heterocycles. The zero-order chi connectivity index (χ0) is 19.2. The molecule has 1 aliphatic heterocycles. The Kier molecular flexibility index (Phi) is 6.11. The predicted molar refractivity (Wildman–Crippen MR) is 99.2 cm³/mol. The van der Waals surface area contributed by atoms with Crippen LogP contribution in [0, 0.1) is 5.82 Å². The van der Waals surface area contributed by atoms with Crippen LogP contribution in [-0.4, -0.2) is 59.4 Å². The fraction of sp³-hybridized carbons (Fsp3) is 0.400. The summed E-state index contributed by atoms with van der Waals surface area (Å²) in [6.45, 7) is 4.21. The first-order valence-electron chi connectivity index (χ1n) is 9.20. The zero-order valence-corrected chi connectivity index (χ0v) is 15.4. The van der Waals surface area contributed by atoms with Crippen molar-refractivity contribution in [2.75, 3.05) is 32.8 Å². The van der Waals surface area contributed by atoms with Gasteiger partial charge in [0.1, 0.15) is 0 Å². The van der Waals surface area contributed by atoms with Crippen molar-refractivity contribution in [3.63, 3.8) is 0 Å². The third-order valence-corrected chi connectivity index (χ3v) is 4.62. The first-order valence-corrected chi connectivity index (χ1v) is 9.20. The van der Waals surface area contributed by atoms with Crippen molar-refractivity contribution in [2.45, 2.75) is 19.8 Å². The van der Waals surface area contributed by atoms with Crippen LogP contribution in [0.25, 0.3) is 0 Å². The van der Waals surface area contributed by atoms with Gasteiger partial charge in [0, 0.05) is 43.6 Å². The van der Waals surface area contributed by atoms with E-state index in [1.54, 1.807) is 29.0 Å². The summed E-state index contributed by atoms with van der Waals surface area (Å²) >= 11 is 0. The fourth-order valence-electron chi connectivity index (χ4n) is 3.21. The number of nitrogens with one attached hydrogen (secondary N) is 1. The summed E-state index contributed by atoms with van der Waals surface area (Å²) < 4.78 is 19.2. The molecule has 2 amide bonds. The number of amides is 2. The number of rotatable bonds is 5. The molecule has 1 N–H and O–H groups in total. The summed E-state index contributed by atoms with van der Waals surface area (Å²) in [5, 5.41) is 0. The van der Waals surface area contributed by atoms with Crippen LogP contribution < -0.4 is 4.74 Å². The van der Waals surface area contributed by atoms with Gasteiger partial charge in [-0.15, -0.1) is 0 Å². The Morgan fingerprint density at radius 3 is 2.63 bits per heavy atom. The van der Waals surface area contributed by atoms with Gasteiger partial charge in [0.05, 0.1) is 13.0 Å². The monoisotopic (exact) mass is 373 g/mol. The number of halogens is 1. The summed E-state index contributed by atoms with van der Waals surface area (Å²) in [7, 11) is 0. The predicted octanol–water partition coefficient (Wildman–Crippen LogP) is 2.47. The Balaban J connectivity index is 1.61. The number of carbonyl (C=O) groups is 2. The molecule has 0 bridgehead atoms. The number of hydrogen-bond donors (Lipinski definition) is 1. The lowest BCUT2D eigenvalue weighted by atomic mass is 10.1. The number of hydrogen-bond acceptors (Lipinski definition) is 3. The van der Waals surface area contributed by atoms with Crippen molar-refractivity contribution in [3.8, 4) is 5.75 Å². The Morgan fingerprint density at radius 1 is 1.15 bits per heavy atom. The van der Waals surface area contributed by atoms with Gasteiger partial charge < -0.3 is 19.5 Å². The maximum atomic E-state index is 14.0. The highest BCUT2D eigenvalue weighted by Crippen LogP contribution is 2.20. The first kappa shape index (κ1) is 18.9. The van der Waals surface area contributed by atoms with E-state index in [-0.39, 0.29) is 17.6 Å². The van der Waals surface area contributed by atoms with E-state index in [0.717, 1.165) is 5.69 Å². The molecule has 1 saturated heterocycles. The highest BCUT2D eigenvalue weighted by Gasteiger charge is 2.23. The maximum absolute atomic E-state index is 14.0. The molecule has 0 spiro atoms. The number of aromatic nitrogens is 1. The number of H-pyrrole nitrogens is 1. The molecular weight excluding hydrogens is 349 g/mol. The van der Waals surface area contributed by atoms with Gasteiger partial charge in [-0.3, -0.25) is 9.59 Å². The zero-order valence-electron chi connectivity index (χ0n) is 15.4. The van der Waals surface area contributed by atoms with E-state index < -0.39 is 5.82 Å². The van der Waals surface area contributed by atoms with Gasteiger partial charge in [0.25, 0.3) is 5.91 Å². The Bertz CT molecular complexity index is 792. The van der Waals surface area contributed by atoms with Crippen molar-refractivity contribution < 1.29 is 18.7 Å². The molecule has 0 atom stereocenters. The molecule has 27 heavy (non-hydrogen) atoms. The van der Waals surface area contributed by atoms with Crippen LogP contribution in [0.15, 0.2) is 36.5 Å². The summed E-state index contributed by atoms with van der Waals surface area (Å²) in [5.41, 5.74) is 1.17. The smallest absolute Gasteiger partial charge is 0.254 e. The summed E-state index contributed by atoms with van der Waals surface area (Å²) in [6, 6.07) is 8.02. The molecular formula is C20H24FN3O3. The van der Waals surface area contributed by atoms with Gasteiger partial charge in [0.15, 0.2) is 11.6 Å². The van der Waals surface area contributed by atoms with E-state index in [9.17, 15) is 14.0 Å². The highest BCUT2D eigenvalue weighted by atomic mass is 19.1. The fourth-order valence-corrected chi connectivity index (χ4v) is 3.21. The molecule has 1 aliphatic rings. The molecule has 3 rings (SSSR count). The van der Waals surface area contributed by atoms with E-state index in [2.05, 4.69) is 4.98 Å². The second kappa shape index (κ2) is 8.70. The largest absolute Gasteiger partial charge is 0.491 e. The molecule has 1 fully saturated rings. The van der Waals surface area contributed by atoms with E-state index in [1.807, 2.05) is 12.1 Å².